The van der Waals surface area contributed by atoms with Crippen molar-refractivity contribution in [1.82, 2.24) is 9.97 Å². The highest BCUT2D eigenvalue weighted by Gasteiger charge is 2.57. The third-order valence-corrected chi connectivity index (χ3v) is 7.25. The SMILES string of the molecule is CCOc1cc(Cc2cnc(N)nc2N)cc(C2(S(=O)(=O)O)CC2)c1-c1cccc(N)c1. The molecule has 0 radical (unpaired) electrons. The van der Waals surface area contributed by atoms with Gasteiger partial charge >= 0.3 is 0 Å². The normalized spacial score (nSPS) is 14.8. The molecule has 1 fully saturated rings. The predicted octanol–water partition coefficient (Wildman–Crippen LogP) is 2.76. The summed E-state index contributed by atoms with van der Waals surface area (Å²) in [5.74, 6) is 0.811. The largest absolute Gasteiger partial charge is 0.493 e. The van der Waals surface area contributed by atoms with E-state index in [2.05, 4.69) is 9.97 Å². The van der Waals surface area contributed by atoms with Crippen LogP contribution in [-0.4, -0.2) is 29.5 Å². The number of nitrogen functional groups attached to an aromatic ring is 3. The van der Waals surface area contributed by atoms with Gasteiger partial charge in [-0.15, -0.1) is 0 Å². The molecule has 0 saturated heterocycles. The van der Waals surface area contributed by atoms with Gasteiger partial charge in [0.05, 0.1) is 6.61 Å². The fraction of sp³-hybridized carbons (Fsp3) is 0.273. The molecule has 10 heteroatoms. The van der Waals surface area contributed by atoms with Crippen LogP contribution in [0.15, 0.2) is 42.6 Å². The molecule has 1 saturated carbocycles. The van der Waals surface area contributed by atoms with Gasteiger partial charge in [0.1, 0.15) is 16.3 Å². The molecule has 0 unspecified atom stereocenters. The van der Waals surface area contributed by atoms with Crippen LogP contribution in [0.2, 0.25) is 0 Å². The van der Waals surface area contributed by atoms with Crippen molar-refractivity contribution in [3.05, 3.63) is 59.3 Å². The molecule has 2 aromatic carbocycles. The molecule has 1 aromatic heterocycles. The van der Waals surface area contributed by atoms with Gasteiger partial charge in [0.2, 0.25) is 5.95 Å². The first kappa shape index (κ1) is 21.8. The van der Waals surface area contributed by atoms with Crippen LogP contribution in [0, 0.1) is 0 Å². The lowest BCUT2D eigenvalue weighted by atomic mass is 9.91. The molecule has 1 heterocycles. The Morgan fingerprint density at radius 3 is 2.50 bits per heavy atom. The maximum absolute atomic E-state index is 12.4. The Labute approximate surface area is 186 Å². The number of benzene rings is 2. The quantitative estimate of drug-likeness (QED) is 0.309. The maximum atomic E-state index is 12.4. The monoisotopic (exact) mass is 455 g/mol. The predicted molar refractivity (Wildman–Crippen MR) is 124 cm³/mol. The van der Waals surface area contributed by atoms with E-state index in [1.807, 2.05) is 19.1 Å². The second-order valence-corrected chi connectivity index (χ2v) is 9.59. The fourth-order valence-corrected chi connectivity index (χ4v) is 5.02. The number of rotatable bonds is 7. The second kappa shape index (κ2) is 7.95. The first-order chi connectivity index (χ1) is 15.1. The molecule has 0 bridgehead atoms. The van der Waals surface area contributed by atoms with E-state index >= 15 is 0 Å². The summed E-state index contributed by atoms with van der Waals surface area (Å²) < 4.78 is 39.5. The van der Waals surface area contributed by atoms with Crippen LogP contribution in [0.1, 0.15) is 36.5 Å². The topological polar surface area (TPSA) is 167 Å². The van der Waals surface area contributed by atoms with Gasteiger partial charge in [-0.05, 0) is 54.7 Å². The third-order valence-electron chi connectivity index (χ3n) is 5.64. The first-order valence-corrected chi connectivity index (χ1v) is 11.6. The summed E-state index contributed by atoms with van der Waals surface area (Å²) in [6.45, 7) is 2.21. The average molecular weight is 456 g/mol. The van der Waals surface area contributed by atoms with Gasteiger partial charge in [-0.1, -0.05) is 18.2 Å². The van der Waals surface area contributed by atoms with Gasteiger partial charge in [0.25, 0.3) is 10.1 Å². The van der Waals surface area contributed by atoms with Crippen molar-refractivity contribution < 1.29 is 17.7 Å². The lowest BCUT2D eigenvalue weighted by Crippen LogP contribution is -2.21. The Morgan fingerprint density at radius 1 is 1.16 bits per heavy atom. The highest BCUT2D eigenvalue weighted by molar-refractivity contribution is 7.87. The summed E-state index contributed by atoms with van der Waals surface area (Å²) >= 11 is 0. The number of nitrogens with two attached hydrogens (primary N) is 3. The summed E-state index contributed by atoms with van der Waals surface area (Å²) in [4.78, 5) is 7.99. The molecule has 0 atom stereocenters. The minimum absolute atomic E-state index is 0.0715. The fourth-order valence-electron chi connectivity index (χ4n) is 3.97. The standard InChI is InChI=1S/C22H25N5O4S/c1-2-31-18-10-13(8-15-12-26-21(25)27-20(15)24)9-17(22(6-7-22)32(28,29)30)19(18)14-4-3-5-16(23)11-14/h3-5,9-12H,2,6-8,23H2,1H3,(H,28,29,30)(H4,24,25,26,27). The summed E-state index contributed by atoms with van der Waals surface area (Å²) in [5, 5.41) is 0. The molecular formula is C22H25N5O4S. The molecule has 168 valence electrons. The van der Waals surface area contributed by atoms with E-state index in [-0.39, 0.29) is 11.8 Å². The molecule has 0 aliphatic heterocycles. The molecule has 32 heavy (non-hydrogen) atoms. The van der Waals surface area contributed by atoms with Gasteiger partial charge < -0.3 is 21.9 Å². The summed E-state index contributed by atoms with van der Waals surface area (Å²) in [6.07, 6.45) is 2.49. The first-order valence-electron chi connectivity index (χ1n) is 10.1. The van der Waals surface area contributed by atoms with E-state index in [1.165, 1.54) is 0 Å². The molecule has 3 aromatic rings. The lowest BCUT2D eigenvalue weighted by Gasteiger charge is -2.22. The summed E-state index contributed by atoms with van der Waals surface area (Å²) in [6, 6.07) is 10.7. The number of ether oxygens (including phenoxy) is 1. The Kier molecular flexibility index (Phi) is 5.43. The van der Waals surface area contributed by atoms with Crippen molar-refractivity contribution in [2.45, 2.75) is 30.9 Å². The average Bonchev–Trinajstić information content (AvgIpc) is 3.52. The Morgan fingerprint density at radius 2 is 1.91 bits per heavy atom. The Hall–Kier alpha value is -3.37. The van der Waals surface area contributed by atoms with Crippen LogP contribution >= 0.6 is 0 Å². The van der Waals surface area contributed by atoms with Crippen LogP contribution in [0.3, 0.4) is 0 Å². The van der Waals surface area contributed by atoms with E-state index in [0.717, 1.165) is 5.56 Å². The minimum atomic E-state index is -4.37. The van der Waals surface area contributed by atoms with Crippen LogP contribution in [-0.2, 0) is 21.3 Å². The van der Waals surface area contributed by atoms with Gasteiger partial charge in [-0.25, -0.2) is 4.98 Å². The zero-order chi connectivity index (χ0) is 23.1. The van der Waals surface area contributed by atoms with Crippen LogP contribution < -0.4 is 21.9 Å². The van der Waals surface area contributed by atoms with Crippen molar-refractivity contribution in [3.8, 4) is 16.9 Å². The molecular weight excluding hydrogens is 430 g/mol. The number of nitrogens with zero attached hydrogens (tertiary/aromatic N) is 2. The van der Waals surface area contributed by atoms with Crippen molar-refractivity contribution in [2.24, 2.45) is 0 Å². The zero-order valence-corrected chi connectivity index (χ0v) is 18.4. The van der Waals surface area contributed by atoms with E-state index in [0.29, 0.717) is 59.6 Å². The molecule has 4 rings (SSSR count). The van der Waals surface area contributed by atoms with Crippen molar-refractivity contribution in [2.75, 3.05) is 23.8 Å². The van der Waals surface area contributed by atoms with Crippen molar-refractivity contribution >= 4 is 27.6 Å². The van der Waals surface area contributed by atoms with Gasteiger partial charge in [0.15, 0.2) is 0 Å². The summed E-state index contributed by atoms with van der Waals surface area (Å²) in [5.41, 5.74) is 21.3. The van der Waals surface area contributed by atoms with Crippen LogP contribution in [0.5, 0.6) is 5.75 Å². The van der Waals surface area contributed by atoms with Crippen LogP contribution in [0.4, 0.5) is 17.5 Å². The smallest absolute Gasteiger partial charge is 0.274 e. The molecule has 1 aliphatic carbocycles. The van der Waals surface area contributed by atoms with E-state index in [9.17, 15) is 13.0 Å². The van der Waals surface area contributed by atoms with E-state index in [4.69, 9.17) is 21.9 Å². The number of anilines is 3. The Bertz CT molecular complexity index is 1290. The van der Waals surface area contributed by atoms with Gasteiger partial charge in [-0.3, -0.25) is 4.55 Å². The number of hydrogen-bond donors (Lipinski definition) is 4. The molecule has 0 amide bonds. The second-order valence-electron chi connectivity index (χ2n) is 7.86. The summed E-state index contributed by atoms with van der Waals surface area (Å²) in [7, 11) is -4.37. The zero-order valence-electron chi connectivity index (χ0n) is 17.6. The van der Waals surface area contributed by atoms with Crippen molar-refractivity contribution in [3.63, 3.8) is 0 Å². The molecule has 0 spiro atoms. The van der Waals surface area contributed by atoms with Gasteiger partial charge in [0, 0.05) is 29.4 Å². The third kappa shape index (κ3) is 3.94. The van der Waals surface area contributed by atoms with Gasteiger partial charge in [-0.2, -0.15) is 13.4 Å². The molecule has 7 N–H and O–H groups in total. The van der Waals surface area contributed by atoms with Crippen LogP contribution in [0.25, 0.3) is 11.1 Å². The number of hydrogen-bond acceptors (Lipinski definition) is 8. The number of aromatic nitrogens is 2. The highest BCUT2D eigenvalue weighted by Crippen LogP contribution is 2.56. The van der Waals surface area contributed by atoms with E-state index in [1.54, 1.807) is 30.5 Å². The molecule has 9 nitrogen and oxygen atoms in total. The maximum Gasteiger partial charge on any atom is 0.274 e. The molecule has 1 aliphatic rings. The lowest BCUT2D eigenvalue weighted by molar-refractivity contribution is 0.341. The van der Waals surface area contributed by atoms with Crippen molar-refractivity contribution in [1.29, 1.82) is 0 Å². The Balaban J connectivity index is 1.95. The van der Waals surface area contributed by atoms with E-state index < -0.39 is 14.9 Å². The highest BCUT2D eigenvalue weighted by atomic mass is 32.2. The minimum Gasteiger partial charge on any atom is -0.493 e.